The van der Waals surface area contributed by atoms with E-state index in [4.69, 9.17) is 27.9 Å². The summed E-state index contributed by atoms with van der Waals surface area (Å²) in [5.41, 5.74) is 2.98. The molecule has 0 radical (unpaired) electrons. The van der Waals surface area contributed by atoms with Crippen molar-refractivity contribution < 1.29 is 18.3 Å². The third-order valence-electron chi connectivity index (χ3n) is 5.90. The summed E-state index contributed by atoms with van der Waals surface area (Å²) in [5.74, 6) is -3.20. The normalized spacial score (nSPS) is 14.9. The molecule has 32 heavy (non-hydrogen) atoms. The fourth-order valence-corrected chi connectivity index (χ4v) is 4.55. The summed E-state index contributed by atoms with van der Waals surface area (Å²) < 4.78 is 35.0. The maximum absolute atomic E-state index is 13.9. The number of hydrogen-bond acceptors (Lipinski definition) is 3. The number of carbonyl (C=O) groups excluding carboxylic acids is 1. The lowest BCUT2D eigenvalue weighted by atomic mass is 10.0. The zero-order chi connectivity index (χ0) is 23.2. The minimum Gasteiger partial charge on any atom is -0.378 e. The van der Waals surface area contributed by atoms with Crippen LogP contribution in [0.15, 0.2) is 24.4 Å². The first-order valence-electron chi connectivity index (χ1n) is 10.2. The number of pyridine rings is 1. The van der Waals surface area contributed by atoms with E-state index in [1.807, 2.05) is 24.6 Å². The Hall–Kier alpha value is -2.22. The van der Waals surface area contributed by atoms with Crippen molar-refractivity contribution in [2.45, 2.75) is 26.2 Å². The number of hydrogen-bond donors (Lipinski definition) is 0. The highest BCUT2D eigenvalue weighted by Gasteiger charge is 2.27. The van der Waals surface area contributed by atoms with Crippen LogP contribution in [0.1, 0.15) is 39.8 Å². The van der Waals surface area contributed by atoms with E-state index in [0.717, 1.165) is 23.6 Å². The van der Waals surface area contributed by atoms with E-state index in [9.17, 15) is 13.6 Å². The van der Waals surface area contributed by atoms with Crippen molar-refractivity contribution in [2.75, 3.05) is 26.3 Å². The van der Waals surface area contributed by atoms with E-state index >= 15 is 0 Å². The summed E-state index contributed by atoms with van der Waals surface area (Å²) >= 11 is 13.0. The number of aryl methyl sites for hydroxylation is 2. The monoisotopic (exact) mass is 481 g/mol. The summed E-state index contributed by atoms with van der Waals surface area (Å²) in [5, 5.41) is 1.43. The molecule has 170 valence electrons. The van der Waals surface area contributed by atoms with Gasteiger partial charge in [-0.3, -0.25) is 4.79 Å². The van der Waals surface area contributed by atoms with Gasteiger partial charge in [0.15, 0.2) is 0 Å². The van der Waals surface area contributed by atoms with Crippen LogP contribution in [-0.2, 0) is 24.1 Å². The lowest BCUT2D eigenvalue weighted by Gasteiger charge is -2.27. The minimum absolute atomic E-state index is 0.0337. The Bertz CT molecular complexity index is 1200. The van der Waals surface area contributed by atoms with E-state index in [0.29, 0.717) is 48.8 Å². The van der Waals surface area contributed by atoms with Gasteiger partial charge in [-0.1, -0.05) is 23.2 Å². The van der Waals surface area contributed by atoms with Gasteiger partial charge < -0.3 is 14.2 Å². The molecule has 1 fully saturated rings. The van der Waals surface area contributed by atoms with Crippen LogP contribution in [0.25, 0.3) is 10.9 Å². The second kappa shape index (κ2) is 8.61. The lowest BCUT2D eigenvalue weighted by Crippen LogP contribution is -2.41. The molecule has 0 unspecified atom stereocenters. The first kappa shape index (κ1) is 23.0. The number of nitrogens with zero attached hydrogens (tertiary/aromatic N) is 3. The molecule has 1 amide bonds. The Morgan fingerprint density at radius 2 is 1.91 bits per heavy atom. The Labute approximate surface area is 194 Å². The van der Waals surface area contributed by atoms with Gasteiger partial charge in [-0.15, -0.1) is 0 Å². The molecule has 1 aromatic carbocycles. The maximum atomic E-state index is 13.9. The SMILES string of the molecule is Cc1cc(C(C)(F)F)cc2c1cc(Cc1c(Cl)cnc(C(=O)N3CCOCC3)c1Cl)n2C. The van der Waals surface area contributed by atoms with Gasteiger partial charge in [0.25, 0.3) is 11.8 Å². The molecule has 0 bridgehead atoms. The minimum atomic E-state index is -2.93. The number of rotatable bonds is 4. The largest absolute Gasteiger partial charge is 0.378 e. The van der Waals surface area contributed by atoms with Crippen LogP contribution < -0.4 is 0 Å². The van der Waals surface area contributed by atoms with Crippen molar-refractivity contribution in [1.29, 1.82) is 0 Å². The number of fused-ring (bicyclic) bond motifs is 1. The fourth-order valence-electron chi connectivity index (χ4n) is 4.00. The van der Waals surface area contributed by atoms with Gasteiger partial charge in [-0.25, -0.2) is 13.8 Å². The standard InChI is InChI=1S/C23H23Cl2F2N3O2/c1-13-8-14(23(2,26)27)9-19-16(13)10-15(29(19)3)11-17-18(24)12-28-21(20(17)25)22(31)30-4-6-32-7-5-30/h8-10,12H,4-7,11H2,1-3H3. The first-order chi connectivity index (χ1) is 15.1. The molecular weight excluding hydrogens is 459 g/mol. The molecule has 1 aliphatic rings. The van der Waals surface area contributed by atoms with Gasteiger partial charge in [0.2, 0.25) is 0 Å². The number of benzene rings is 1. The highest BCUT2D eigenvalue weighted by atomic mass is 35.5. The first-order valence-corrected chi connectivity index (χ1v) is 11.0. The van der Waals surface area contributed by atoms with Crippen molar-refractivity contribution >= 4 is 40.0 Å². The van der Waals surface area contributed by atoms with Crippen molar-refractivity contribution in [1.82, 2.24) is 14.5 Å². The number of halogens is 4. The average molecular weight is 482 g/mol. The number of morpholine rings is 1. The van der Waals surface area contributed by atoms with Gasteiger partial charge >= 0.3 is 0 Å². The highest BCUT2D eigenvalue weighted by Crippen LogP contribution is 2.35. The van der Waals surface area contributed by atoms with Gasteiger partial charge in [-0.05, 0) is 36.2 Å². The molecule has 4 rings (SSSR count). The molecule has 3 aromatic rings. The molecule has 0 aliphatic carbocycles. The molecule has 0 spiro atoms. The lowest BCUT2D eigenvalue weighted by molar-refractivity contribution is 0.0175. The van der Waals surface area contributed by atoms with Crippen LogP contribution in [0.2, 0.25) is 10.0 Å². The molecule has 0 atom stereocenters. The quantitative estimate of drug-likeness (QED) is 0.503. The second-order valence-electron chi connectivity index (χ2n) is 8.14. The summed E-state index contributed by atoms with van der Waals surface area (Å²) in [7, 11) is 1.82. The number of alkyl halides is 2. The Balaban J connectivity index is 1.73. The van der Waals surface area contributed by atoms with Crippen LogP contribution in [0.4, 0.5) is 8.78 Å². The molecule has 3 heterocycles. The topological polar surface area (TPSA) is 47.4 Å². The fraction of sp³-hybridized carbons (Fsp3) is 0.391. The maximum Gasteiger partial charge on any atom is 0.274 e. The highest BCUT2D eigenvalue weighted by molar-refractivity contribution is 6.37. The number of ether oxygens (including phenoxy) is 1. The summed E-state index contributed by atoms with van der Waals surface area (Å²) in [6.45, 7) is 4.59. The predicted molar refractivity (Wildman–Crippen MR) is 121 cm³/mol. The van der Waals surface area contributed by atoms with E-state index in [1.165, 1.54) is 18.3 Å². The summed E-state index contributed by atoms with van der Waals surface area (Å²) in [6, 6.07) is 4.96. The van der Waals surface area contributed by atoms with Crippen molar-refractivity contribution in [3.8, 4) is 0 Å². The smallest absolute Gasteiger partial charge is 0.274 e. The van der Waals surface area contributed by atoms with Crippen molar-refractivity contribution in [3.05, 3.63) is 62.5 Å². The van der Waals surface area contributed by atoms with E-state index in [-0.39, 0.29) is 22.2 Å². The number of aromatic nitrogens is 2. The molecule has 1 saturated heterocycles. The Morgan fingerprint density at radius 3 is 2.56 bits per heavy atom. The van der Waals surface area contributed by atoms with Crippen LogP contribution >= 0.6 is 23.2 Å². The molecule has 1 aliphatic heterocycles. The van der Waals surface area contributed by atoms with Crippen LogP contribution in [0.3, 0.4) is 0 Å². The van der Waals surface area contributed by atoms with Crippen LogP contribution in [0, 0.1) is 6.92 Å². The molecule has 0 N–H and O–H groups in total. The van der Waals surface area contributed by atoms with Gasteiger partial charge in [0.05, 0.1) is 23.3 Å². The third kappa shape index (κ3) is 4.21. The Kier molecular flexibility index (Phi) is 6.18. The van der Waals surface area contributed by atoms with Crippen molar-refractivity contribution in [2.24, 2.45) is 7.05 Å². The zero-order valence-electron chi connectivity index (χ0n) is 18.0. The van der Waals surface area contributed by atoms with Crippen LogP contribution in [0.5, 0.6) is 0 Å². The average Bonchev–Trinajstić information content (AvgIpc) is 3.07. The molecule has 5 nitrogen and oxygen atoms in total. The molecule has 9 heteroatoms. The zero-order valence-corrected chi connectivity index (χ0v) is 19.5. The van der Waals surface area contributed by atoms with E-state index in [1.54, 1.807) is 4.90 Å². The van der Waals surface area contributed by atoms with Gasteiger partial charge in [0, 0.05) is 61.8 Å². The third-order valence-corrected chi connectivity index (χ3v) is 6.63. The Morgan fingerprint density at radius 1 is 1.22 bits per heavy atom. The number of amides is 1. The van der Waals surface area contributed by atoms with Gasteiger partial charge in [-0.2, -0.15) is 0 Å². The second-order valence-corrected chi connectivity index (χ2v) is 8.92. The summed E-state index contributed by atoms with van der Waals surface area (Å²) in [6.07, 6.45) is 1.76. The number of carbonyl (C=O) groups is 1. The molecule has 0 saturated carbocycles. The van der Waals surface area contributed by atoms with Crippen LogP contribution in [-0.4, -0.2) is 46.7 Å². The molecule has 2 aromatic heterocycles. The summed E-state index contributed by atoms with van der Waals surface area (Å²) in [4.78, 5) is 18.8. The van der Waals surface area contributed by atoms with E-state index < -0.39 is 5.92 Å². The molecular formula is C23H23Cl2F2N3O2. The van der Waals surface area contributed by atoms with Gasteiger partial charge in [0.1, 0.15) is 5.69 Å². The van der Waals surface area contributed by atoms with E-state index in [2.05, 4.69) is 4.98 Å². The predicted octanol–water partition coefficient (Wildman–Crippen LogP) is 5.36. The van der Waals surface area contributed by atoms with Crippen molar-refractivity contribution in [3.63, 3.8) is 0 Å².